The third kappa shape index (κ3) is 4.47. The van der Waals surface area contributed by atoms with Crippen LogP contribution in [0, 0.1) is 0 Å². The maximum absolute atomic E-state index is 13.3. The van der Waals surface area contributed by atoms with Crippen molar-refractivity contribution < 1.29 is 23.0 Å². The number of aromatic nitrogens is 1. The molecule has 2 aromatic carbocycles. The third-order valence-corrected chi connectivity index (χ3v) is 7.81. The van der Waals surface area contributed by atoms with Crippen molar-refractivity contribution in [3.8, 4) is 11.5 Å². The fourth-order valence-electron chi connectivity index (χ4n) is 3.42. The first-order chi connectivity index (χ1) is 14.9. The van der Waals surface area contributed by atoms with Crippen molar-refractivity contribution in [1.29, 1.82) is 0 Å². The molecule has 0 fully saturated rings. The molecule has 0 amide bonds. The molecule has 164 valence electrons. The molecular formula is C21H21BrN2O6S. The van der Waals surface area contributed by atoms with Gasteiger partial charge in [-0.15, -0.1) is 0 Å². The van der Waals surface area contributed by atoms with Crippen molar-refractivity contribution in [3.05, 3.63) is 62.9 Å². The number of aliphatic hydroxyl groups is 1. The highest BCUT2D eigenvalue weighted by Crippen LogP contribution is 2.34. The molecule has 4 rings (SSSR count). The summed E-state index contributed by atoms with van der Waals surface area (Å²) in [5, 5.41) is 9.96. The van der Waals surface area contributed by atoms with E-state index in [2.05, 4.69) is 20.9 Å². The lowest BCUT2D eigenvalue weighted by molar-refractivity contribution is 0.172. The highest BCUT2D eigenvalue weighted by Gasteiger charge is 2.27. The van der Waals surface area contributed by atoms with Crippen LogP contribution >= 0.6 is 15.9 Å². The molecule has 0 saturated carbocycles. The van der Waals surface area contributed by atoms with Gasteiger partial charge in [-0.2, -0.15) is 4.31 Å². The number of H-pyrrole nitrogens is 1. The minimum absolute atomic E-state index is 0.0682. The Morgan fingerprint density at radius 1 is 1.10 bits per heavy atom. The van der Waals surface area contributed by atoms with Gasteiger partial charge in [-0.05, 0) is 46.6 Å². The second-order valence-electron chi connectivity index (χ2n) is 7.05. The number of fused-ring (bicyclic) bond motifs is 2. The van der Waals surface area contributed by atoms with Gasteiger partial charge in [-0.1, -0.05) is 12.1 Å². The first-order valence-electron chi connectivity index (χ1n) is 9.71. The molecular weight excluding hydrogens is 488 g/mol. The van der Waals surface area contributed by atoms with Gasteiger partial charge in [0.1, 0.15) is 13.2 Å². The van der Waals surface area contributed by atoms with E-state index in [1.807, 2.05) is 0 Å². The molecule has 31 heavy (non-hydrogen) atoms. The van der Waals surface area contributed by atoms with Crippen LogP contribution in [-0.2, 0) is 16.6 Å². The molecule has 0 aliphatic carbocycles. The lowest BCUT2D eigenvalue weighted by Crippen LogP contribution is -2.34. The highest BCUT2D eigenvalue weighted by molar-refractivity contribution is 9.10. The Balaban J connectivity index is 1.73. The van der Waals surface area contributed by atoms with Crippen LogP contribution in [0.1, 0.15) is 12.0 Å². The van der Waals surface area contributed by atoms with Gasteiger partial charge in [0.15, 0.2) is 11.5 Å². The van der Waals surface area contributed by atoms with E-state index in [0.717, 1.165) is 0 Å². The number of nitrogens with one attached hydrogen (secondary N) is 1. The second kappa shape index (κ2) is 8.99. The molecule has 2 heterocycles. The van der Waals surface area contributed by atoms with Gasteiger partial charge < -0.3 is 19.6 Å². The number of benzene rings is 2. The van der Waals surface area contributed by atoms with E-state index in [1.54, 1.807) is 36.4 Å². The number of nitrogens with zero attached hydrogens (tertiary/aromatic N) is 1. The molecule has 1 aromatic heterocycles. The second-order valence-corrected chi connectivity index (χ2v) is 9.81. The molecule has 0 saturated heterocycles. The smallest absolute Gasteiger partial charge is 0.252 e. The minimum Gasteiger partial charge on any atom is -0.486 e. The van der Waals surface area contributed by atoms with Crippen molar-refractivity contribution in [2.45, 2.75) is 17.9 Å². The van der Waals surface area contributed by atoms with E-state index in [9.17, 15) is 18.3 Å². The zero-order valence-corrected chi connectivity index (χ0v) is 18.9. The van der Waals surface area contributed by atoms with Gasteiger partial charge in [-0.3, -0.25) is 4.79 Å². The van der Waals surface area contributed by atoms with Crippen LogP contribution < -0.4 is 15.0 Å². The molecule has 2 N–H and O–H groups in total. The summed E-state index contributed by atoms with van der Waals surface area (Å²) in [7, 11) is -3.91. The summed E-state index contributed by atoms with van der Waals surface area (Å²) in [6.45, 7) is 0.642. The Hall–Kier alpha value is -2.40. The number of rotatable bonds is 7. The Morgan fingerprint density at radius 2 is 1.81 bits per heavy atom. The van der Waals surface area contributed by atoms with Crippen LogP contribution in [0.2, 0.25) is 0 Å². The number of sulfonamides is 1. The van der Waals surface area contributed by atoms with E-state index in [-0.39, 0.29) is 42.1 Å². The van der Waals surface area contributed by atoms with E-state index < -0.39 is 10.0 Å². The Bertz CT molecular complexity index is 1270. The monoisotopic (exact) mass is 508 g/mol. The first-order valence-corrected chi connectivity index (χ1v) is 11.9. The summed E-state index contributed by atoms with van der Waals surface area (Å²) in [5.41, 5.74) is 0.479. The van der Waals surface area contributed by atoms with Crippen LogP contribution in [0.3, 0.4) is 0 Å². The van der Waals surface area contributed by atoms with Crippen LogP contribution in [-0.4, -0.2) is 49.2 Å². The number of pyridine rings is 1. The number of hydrogen-bond donors (Lipinski definition) is 2. The van der Waals surface area contributed by atoms with E-state index in [1.165, 1.54) is 10.4 Å². The zero-order chi connectivity index (χ0) is 22.0. The molecule has 10 heteroatoms. The Labute approximate surface area is 187 Å². The lowest BCUT2D eigenvalue weighted by atomic mass is 10.1. The molecule has 1 aliphatic rings. The standard InChI is InChI=1S/C21H21BrN2O6S/c22-16-4-1-2-5-20(16)31(27,28)24(6-3-7-25)13-15-10-14-11-18-19(30-9-8-29-18)12-17(14)23-21(15)26/h1-2,4-5,10-12,25H,3,6-9,13H2,(H,23,26). The summed E-state index contributed by atoms with van der Waals surface area (Å²) >= 11 is 3.29. The van der Waals surface area contributed by atoms with Crippen molar-refractivity contribution >= 4 is 36.9 Å². The average molecular weight is 509 g/mol. The summed E-state index contributed by atoms with van der Waals surface area (Å²) in [4.78, 5) is 15.6. The first kappa shape index (κ1) is 21.8. The quantitative estimate of drug-likeness (QED) is 0.507. The fourth-order valence-corrected chi connectivity index (χ4v) is 5.84. The fraction of sp³-hybridized carbons (Fsp3) is 0.286. The summed E-state index contributed by atoms with van der Waals surface area (Å²) in [6, 6.07) is 11.6. The minimum atomic E-state index is -3.91. The van der Waals surface area contributed by atoms with Gasteiger partial charge in [0, 0.05) is 41.2 Å². The number of hydrogen-bond acceptors (Lipinski definition) is 6. The van der Waals surface area contributed by atoms with Gasteiger partial charge in [0.2, 0.25) is 10.0 Å². The maximum Gasteiger partial charge on any atom is 0.252 e. The lowest BCUT2D eigenvalue weighted by Gasteiger charge is -2.23. The third-order valence-electron chi connectivity index (χ3n) is 4.95. The maximum atomic E-state index is 13.3. The van der Waals surface area contributed by atoms with Crippen molar-refractivity contribution in [3.63, 3.8) is 0 Å². The molecule has 0 spiro atoms. The average Bonchev–Trinajstić information content (AvgIpc) is 2.75. The summed E-state index contributed by atoms with van der Waals surface area (Å²) in [5.74, 6) is 1.14. The van der Waals surface area contributed by atoms with Crippen LogP contribution in [0.25, 0.3) is 10.9 Å². The highest BCUT2D eigenvalue weighted by atomic mass is 79.9. The van der Waals surface area contributed by atoms with Crippen LogP contribution in [0.5, 0.6) is 11.5 Å². The molecule has 8 nitrogen and oxygen atoms in total. The molecule has 1 aliphatic heterocycles. The van der Waals surface area contributed by atoms with E-state index >= 15 is 0 Å². The summed E-state index contributed by atoms with van der Waals surface area (Å²) in [6.07, 6.45) is 0.244. The predicted molar refractivity (Wildman–Crippen MR) is 119 cm³/mol. The molecule has 3 aromatic rings. The molecule has 0 radical (unpaired) electrons. The molecule has 0 unspecified atom stereocenters. The van der Waals surface area contributed by atoms with Crippen LogP contribution in [0.4, 0.5) is 0 Å². The van der Waals surface area contributed by atoms with Crippen molar-refractivity contribution in [2.75, 3.05) is 26.4 Å². The van der Waals surface area contributed by atoms with Crippen molar-refractivity contribution in [1.82, 2.24) is 9.29 Å². The largest absolute Gasteiger partial charge is 0.486 e. The number of ether oxygens (including phenoxy) is 2. The van der Waals surface area contributed by atoms with E-state index in [0.29, 0.717) is 40.1 Å². The SMILES string of the molecule is O=c1[nH]c2cc3c(cc2cc1CN(CCCO)S(=O)(=O)c1ccccc1Br)OCCO3. The van der Waals surface area contributed by atoms with Gasteiger partial charge in [0.25, 0.3) is 5.56 Å². The van der Waals surface area contributed by atoms with Gasteiger partial charge in [-0.25, -0.2) is 8.42 Å². The van der Waals surface area contributed by atoms with Crippen molar-refractivity contribution in [2.24, 2.45) is 0 Å². The number of aromatic amines is 1. The predicted octanol–water partition coefficient (Wildman–Crippen LogP) is 2.64. The number of aliphatic hydroxyl groups excluding tert-OH is 1. The Morgan fingerprint density at radius 3 is 2.52 bits per heavy atom. The zero-order valence-electron chi connectivity index (χ0n) is 16.5. The number of halogens is 1. The van der Waals surface area contributed by atoms with E-state index in [4.69, 9.17) is 9.47 Å². The summed E-state index contributed by atoms with van der Waals surface area (Å²) < 4.78 is 39.4. The van der Waals surface area contributed by atoms with Gasteiger partial charge >= 0.3 is 0 Å². The van der Waals surface area contributed by atoms with Crippen LogP contribution in [0.15, 0.2) is 56.6 Å². The topological polar surface area (TPSA) is 109 Å². The molecule has 0 atom stereocenters. The normalized spacial score (nSPS) is 13.6. The van der Waals surface area contributed by atoms with Gasteiger partial charge in [0.05, 0.1) is 10.4 Å². The Kier molecular flexibility index (Phi) is 6.33. The molecule has 0 bridgehead atoms.